The normalized spacial score (nSPS) is 15.8. The van der Waals surface area contributed by atoms with E-state index in [-0.39, 0.29) is 0 Å². The molecule has 1 saturated carbocycles. The summed E-state index contributed by atoms with van der Waals surface area (Å²) in [6.07, 6.45) is 4.89. The van der Waals surface area contributed by atoms with Crippen LogP contribution in [0.5, 0.6) is 0 Å². The van der Waals surface area contributed by atoms with Gasteiger partial charge in [0.1, 0.15) is 5.15 Å². The smallest absolute Gasteiger partial charge is 0.162 e. The standard InChI is InChI=1S/C15H13BrCl2N2/c16-10-5-6-11(12(17)7-10)15-19-13(8-14(18)20-15)9-3-1-2-4-9/h5-9H,1-4H2. The highest BCUT2D eigenvalue weighted by Crippen LogP contribution is 2.35. The van der Waals surface area contributed by atoms with Crippen molar-refractivity contribution in [2.45, 2.75) is 31.6 Å². The lowest BCUT2D eigenvalue weighted by Crippen LogP contribution is -2.00. The summed E-state index contributed by atoms with van der Waals surface area (Å²) >= 11 is 15.8. The predicted octanol–water partition coefficient (Wildman–Crippen LogP) is 5.87. The Morgan fingerprint density at radius 2 is 1.80 bits per heavy atom. The van der Waals surface area contributed by atoms with Crippen molar-refractivity contribution < 1.29 is 0 Å². The summed E-state index contributed by atoms with van der Waals surface area (Å²) in [7, 11) is 0. The first kappa shape index (κ1) is 14.3. The third kappa shape index (κ3) is 3.00. The molecule has 1 aliphatic rings. The zero-order valence-electron chi connectivity index (χ0n) is 10.7. The van der Waals surface area contributed by atoms with Gasteiger partial charge >= 0.3 is 0 Å². The van der Waals surface area contributed by atoms with Crippen molar-refractivity contribution in [3.63, 3.8) is 0 Å². The van der Waals surface area contributed by atoms with Gasteiger partial charge in [-0.15, -0.1) is 0 Å². The van der Waals surface area contributed by atoms with Crippen LogP contribution >= 0.6 is 39.1 Å². The van der Waals surface area contributed by atoms with Gasteiger partial charge in [0.2, 0.25) is 0 Å². The van der Waals surface area contributed by atoms with Gasteiger partial charge in [0, 0.05) is 21.6 Å². The summed E-state index contributed by atoms with van der Waals surface area (Å²) in [6.45, 7) is 0. The average Bonchev–Trinajstić information content (AvgIpc) is 2.91. The van der Waals surface area contributed by atoms with Crippen LogP contribution in [0.25, 0.3) is 11.4 Å². The molecule has 2 aromatic rings. The summed E-state index contributed by atoms with van der Waals surface area (Å²) in [4.78, 5) is 9.00. The molecule has 0 bridgehead atoms. The molecule has 20 heavy (non-hydrogen) atoms. The van der Waals surface area contributed by atoms with E-state index in [2.05, 4.69) is 25.9 Å². The molecular weight excluding hydrogens is 359 g/mol. The number of nitrogens with zero attached hydrogens (tertiary/aromatic N) is 2. The van der Waals surface area contributed by atoms with E-state index in [1.807, 2.05) is 24.3 Å². The Kier molecular flexibility index (Phi) is 4.29. The fraction of sp³-hybridized carbons (Fsp3) is 0.333. The Morgan fingerprint density at radius 3 is 2.50 bits per heavy atom. The van der Waals surface area contributed by atoms with Crippen LogP contribution in [0.4, 0.5) is 0 Å². The minimum Gasteiger partial charge on any atom is -0.233 e. The highest BCUT2D eigenvalue weighted by atomic mass is 79.9. The molecule has 1 heterocycles. The zero-order chi connectivity index (χ0) is 14.1. The van der Waals surface area contributed by atoms with Crippen molar-refractivity contribution in [1.82, 2.24) is 9.97 Å². The van der Waals surface area contributed by atoms with Crippen molar-refractivity contribution in [3.8, 4) is 11.4 Å². The predicted molar refractivity (Wildman–Crippen MR) is 86.4 cm³/mol. The van der Waals surface area contributed by atoms with Gasteiger partial charge in [0.15, 0.2) is 5.82 Å². The van der Waals surface area contributed by atoms with Crippen molar-refractivity contribution in [3.05, 3.63) is 44.6 Å². The number of aromatic nitrogens is 2. The van der Waals surface area contributed by atoms with E-state index in [1.54, 1.807) is 0 Å². The molecule has 0 aliphatic heterocycles. The maximum absolute atomic E-state index is 6.28. The Morgan fingerprint density at radius 1 is 1.05 bits per heavy atom. The van der Waals surface area contributed by atoms with Gasteiger partial charge in [-0.25, -0.2) is 9.97 Å². The molecule has 2 nitrogen and oxygen atoms in total. The van der Waals surface area contributed by atoms with Gasteiger partial charge in [-0.3, -0.25) is 0 Å². The molecule has 1 aliphatic carbocycles. The number of halogens is 3. The monoisotopic (exact) mass is 370 g/mol. The van der Waals surface area contributed by atoms with Gasteiger partial charge in [0.25, 0.3) is 0 Å². The lowest BCUT2D eigenvalue weighted by Gasteiger charge is -2.11. The van der Waals surface area contributed by atoms with E-state index in [9.17, 15) is 0 Å². The van der Waals surface area contributed by atoms with E-state index >= 15 is 0 Å². The Balaban J connectivity index is 2.04. The Labute approximate surface area is 136 Å². The minimum atomic E-state index is 0.482. The number of hydrogen-bond donors (Lipinski definition) is 0. The first-order valence-corrected chi connectivity index (χ1v) is 8.18. The highest BCUT2D eigenvalue weighted by Gasteiger charge is 2.20. The van der Waals surface area contributed by atoms with Crippen LogP contribution in [-0.4, -0.2) is 9.97 Å². The van der Waals surface area contributed by atoms with Crippen LogP contribution in [0.1, 0.15) is 37.3 Å². The number of hydrogen-bond acceptors (Lipinski definition) is 2. The van der Waals surface area contributed by atoms with Gasteiger partial charge in [-0.1, -0.05) is 52.0 Å². The second-order valence-corrected chi connectivity index (χ2v) is 6.75. The molecule has 1 aromatic carbocycles. The number of benzene rings is 1. The third-order valence-corrected chi connectivity index (χ3v) is 4.66. The van der Waals surface area contributed by atoms with Crippen LogP contribution in [-0.2, 0) is 0 Å². The first-order valence-electron chi connectivity index (χ1n) is 6.63. The van der Waals surface area contributed by atoms with Gasteiger partial charge in [-0.05, 0) is 37.1 Å². The molecule has 104 valence electrons. The molecule has 5 heteroatoms. The molecular formula is C15H13BrCl2N2. The summed E-state index contributed by atoms with van der Waals surface area (Å²) in [5.74, 6) is 1.11. The minimum absolute atomic E-state index is 0.482. The highest BCUT2D eigenvalue weighted by molar-refractivity contribution is 9.10. The Bertz CT molecular complexity index is 640. The first-order chi connectivity index (χ1) is 9.63. The SMILES string of the molecule is Clc1cc(C2CCCC2)nc(-c2ccc(Br)cc2Cl)n1. The lowest BCUT2D eigenvalue weighted by molar-refractivity contribution is 0.695. The van der Waals surface area contributed by atoms with E-state index in [4.69, 9.17) is 23.2 Å². The fourth-order valence-electron chi connectivity index (χ4n) is 2.66. The topological polar surface area (TPSA) is 25.8 Å². The maximum Gasteiger partial charge on any atom is 0.162 e. The molecule has 0 amide bonds. The summed E-state index contributed by atoms with van der Waals surface area (Å²) in [6, 6.07) is 7.57. The second kappa shape index (κ2) is 6.00. The second-order valence-electron chi connectivity index (χ2n) is 5.04. The third-order valence-electron chi connectivity index (χ3n) is 3.66. The molecule has 0 spiro atoms. The fourth-order valence-corrected chi connectivity index (χ4v) is 3.61. The molecule has 1 aromatic heterocycles. The number of rotatable bonds is 2. The zero-order valence-corrected chi connectivity index (χ0v) is 13.8. The summed E-state index contributed by atoms with van der Waals surface area (Å²) in [5.41, 5.74) is 1.85. The Hall–Kier alpha value is -0.640. The van der Waals surface area contributed by atoms with Crippen LogP contribution in [0.2, 0.25) is 10.2 Å². The molecule has 3 rings (SSSR count). The quantitative estimate of drug-likeness (QED) is 0.617. The molecule has 1 fully saturated rings. The van der Waals surface area contributed by atoms with E-state index in [1.165, 1.54) is 25.7 Å². The van der Waals surface area contributed by atoms with E-state index < -0.39 is 0 Å². The molecule has 0 unspecified atom stereocenters. The van der Waals surface area contributed by atoms with E-state index in [0.29, 0.717) is 21.9 Å². The molecule has 0 atom stereocenters. The van der Waals surface area contributed by atoms with Crippen LogP contribution in [0.15, 0.2) is 28.7 Å². The summed E-state index contributed by atoms with van der Waals surface area (Å²) < 4.78 is 0.935. The molecule has 0 saturated heterocycles. The van der Waals surface area contributed by atoms with Gasteiger partial charge < -0.3 is 0 Å². The average molecular weight is 372 g/mol. The van der Waals surface area contributed by atoms with Crippen molar-refractivity contribution >= 4 is 39.1 Å². The maximum atomic E-state index is 6.28. The largest absolute Gasteiger partial charge is 0.233 e. The van der Waals surface area contributed by atoms with Crippen molar-refractivity contribution in [1.29, 1.82) is 0 Å². The van der Waals surface area contributed by atoms with Crippen LogP contribution in [0.3, 0.4) is 0 Å². The van der Waals surface area contributed by atoms with Gasteiger partial charge in [-0.2, -0.15) is 0 Å². The van der Waals surface area contributed by atoms with Crippen LogP contribution < -0.4 is 0 Å². The molecule has 0 radical (unpaired) electrons. The summed E-state index contributed by atoms with van der Waals surface area (Å²) in [5, 5.41) is 1.11. The molecule has 0 N–H and O–H groups in total. The lowest BCUT2D eigenvalue weighted by atomic mass is 10.0. The van der Waals surface area contributed by atoms with E-state index in [0.717, 1.165) is 15.7 Å². The van der Waals surface area contributed by atoms with Crippen molar-refractivity contribution in [2.24, 2.45) is 0 Å². The van der Waals surface area contributed by atoms with Crippen LogP contribution in [0, 0.1) is 0 Å². The van der Waals surface area contributed by atoms with Gasteiger partial charge in [0.05, 0.1) is 5.02 Å². The van der Waals surface area contributed by atoms with Crippen molar-refractivity contribution in [2.75, 3.05) is 0 Å².